The number of hydrogen-bond acceptors (Lipinski definition) is 3. The molecule has 0 saturated carbocycles. The Hall–Kier alpha value is -1.17. The molecule has 0 aliphatic heterocycles. The van der Waals surface area contributed by atoms with Crippen molar-refractivity contribution in [3.05, 3.63) is 24.3 Å². The van der Waals surface area contributed by atoms with E-state index in [4.69, 9.17) is 0 Å². The minimum atomic E-state index is -3.46. The van der Waals surface area contributed by atoms with Crippen LogP contribution in [-0.4, -0.2) is 20.3 Å². The molecule has 0 N–H and O–H groups in total. The van der Waals surface area contributed by atoms with Gasteiger partial charge in [0.2, 0.25) is 0 Å². The van der Waals surface area contributed by atoms with Crippen molar-refractivity contribution < 1.29 is 21.9 Å². The summed E-state index contributed by atoms with van der Waals surface area (Å²) in [4.78, 5) is -0.0133. The van der Waals surface area contributed by atoms with Crippen LogP contribution in [0.2, 0.25) is 0 Å². The molecule has 1 aromatic rings. The third-order valence-electron chi connectivity index (χ3n) is 1.98. The Labute approximate surface area is 93.0 Å². The molecule has 0 bridgehead atoms. The quantitative estimate of drug-likeness (QED) is 0.824. The van der Waals surface area contributed by atoms with Crippen molar-refractivity contribution >= 4 is 9.84 Å². The molecule has 0 fully saturated rings. The molecule has 1 aromatic carbocycles. The second kappa shape index (κ2) is 4.78. The smallest absolute Gasteiger partial charge is 0.387 e. The maximum absolute atomic E-state index is 11.9. The molecule has 0 atom stereocenters. The Morgan fingerprint density at radius 3 is 2.38 bits per heavy atom. The Morgan fingerprint density at radius 2 is 1.88 bits per heavy atom. The van der Waals surface area contributed by atoms with E-state index in [1.807, 2.05) is 0 Å². The van der Waals surface area contributed by atoms with Gasteiger partial charge in [-0.2, -0.15) is 8.78 Å². The second-order valence-electron chi connectivity index (χ2n) is 3.45. The molecule has 0 amide bonds. The molecule has 0 unspecified atom stereocenters. The standard InChI is InChI=1S/C10H12F2O3S/c1-7(2)16(13,14)9-5-3-4-8(6-9)15-10(11)12/h3-7,10H,1-2H3. The summed E-state index contributed by atoms with van der Waals surface area (Å²) in [6, 6.07) is 5.10. The molecule has 0 aliphatic rings. The minimum Gasteiger partial charge on any atom is -0.435 e. The Kier molecular flexibility index (Phi) is 3.85. The number of ether oxygens (including phenoxy) is 1. The molecule has 0 aromatic heterocycles. The second-order valence-corrected chi connectivity index (χ2v) is 5.95. The topological polar surface area (TPSA) is 43.4 Å². The molecule has 6 heteroatoms. The SMILES string of the molecule is CC(C)S(=O)(=O)c1cccc(OC(F)F)c1. The maximum Gasteiger partial charge on any atom is 0.387 e. The summed E-state index contributed by atoms with van der Waals surface area (Å²) in [6.07, 6.45) is 0. The van der Waals surface area contributed by atoms with Gasteiger partial charge in [-0.25, -0.2) is 8.42 Å². The van der Waals surface area contributed by atoms with Gasteiger partial charge >= 0.3 is 6.61 Å². The van der Waals surface area contributed by atoms with Gasteiger partial charge in [-0.1, -0.05) is 6.07 Å². The van der Waals surface area contributed by atoms with E-state index in [0.29, 0.717) is 0 Å². The molecule has 0 radical (unpaired) electrons. The zero-order chi connectivity index (χ0) is 12.3. The Balaban J connectivity index is 3.08. The van der Waals surface area contributed by atoms with Crippen molar-refractivity contribution in [3.8, 4) is 5.75 Å². The fourth-order valence-corrected chi connectivity index (χ4v) is 2.19. The minimum absolute atomic E-state index is 0.0133. The third-order valence-corrected chi connectivity index (χ3v) is 4.13. The van der Waals surface area contributed by atoms with E-state index in [0.717, 1.165) is 6.07 Å². The summed E-state index contributed by atoms with van der Waals surface area (Å²) in [5, 5.41) is -0.603. The highest BCUT2D eigenvalue weighted by Crippen LogP contribution is 2.22. The number of sulfone groups is 1. The van der Waals surface area contributed by atoms with Crippen LogP contribution < -0.4 is 4.74 Å². The monoisotopic (exact) mass is 250 g/mol. The summed E-state index contributed by atoms with van der Waals surface area (Å²) in [6.45, 7) is 0.0865. The maximum atomic E-state index is 11.9. The van der Waals surface area contributed by atoms with Gasteiger partial charge < -0.3 is 4.74 Å². The predicted octanol–water partition coefficient (Wildman–Crippen LogP) is 2.47. The number of rotatable bonds is 4. The number of halogens is 2. The number of alkyl halides is 2. The third kappa shape index (κ3) is 2.91. The van der Waals surface area contributed by atoms with E-state index in [1.54, 1.807) is 0 Å². The van der Waals surface area contributed by atoms with Crippen LogP contribution in [0.1, 0.15) is 13.8 Å². The Morgan fingerprint density at radius 1 is 1.25 bits per heavy atom. The van der Waals surface area contributed by atoms with E-state index in [1.165, 1.54) is 32.0 Å². The lowest BCUT2D eigenvalue weighted by atomic mass is 10.3. The van der Waals surface area contributed by atoms with E-state index in [9.17, 15) is 17.2 Å². The number of benzene rings is 1. The van der Waals surface area contributed by atoms with Crippen LogP contribution in [0.5, 0.6) is 5.75 Å². The molecule has 1 rings (SSSR count). The lowest BCUT2D eigenvalue weighted by Gasteiger charge is -2.09. The first-order valence-electron chi connectivity index (χ1n) is 4.63. The highest BCUT2D eigenvalue weighted by Gasteiger charge is 2.19. The molecule has 0 spiro atoms. The van der Waals surface area contributed by atoms with Crippen molar-refractivity contribution in [1.82, 2.24) is 0 Å². The average molecular weight is 250 g/mol. The fourth-order valence-electron chi connectivity index (χ4n) is 1.10. The molecule has 0 aliphatic carbocycles. The van der Waals surface area contributed by atoms with Gasteiger partial charge in [0.25, 0.3) is 0 Å². The molecule has 0 heterocycles. The largest absolute Gasteiger partial charge is 0.435 e. The van der Waals surface area contributed by atoms with Gasteiger partial charge in [-0.3, -0.25) is 0 Å². The molecule has 0 saturated heterocycles. The first-order valence-corrected chi connectivity index (χ1v) is 6.17. The molecule has 3 nitrogen and oxygen atoms in total. The average Bonchev–Trinajstić information content (AvgIpc) is 2.16. The Bertz CT molecular complexity index is 455. The molecule has 90 valence electrons. The predicted molar refractivity (Wildman–Crippen MR) is 55.4 cm³/mol. The summed E-state index contributed by atoms with van der Waals surface area (Å²) < 4.78 is 51.5. The van der Waals surface area contributed by atoms with Crippen LogP contribution in [-0.2, 0) is 9.84 Å². The van der Waals surface area contributed by atoms with Crippen molar-refractivity contribution in [2.24, 2.45) is 0 Å². The highest BCUT2D eigenvalue weighted by molar-refractivity contribution is 7.92. The van der Waals surface area contributed by atoms with E-state index >= 15 is 0 Å². The summed E-state index contributed by atoms with van der Waals surface area (Å²) in [7, 11) is -3.46. The molecular formula is C10H12F2O3S. The lowest BCUT2D eigenvalue weighted by molar-refractivity contribution is -0.0499. The van der Waals surface area contributed by atoms with Crippen LogP contribution in [0.15, 0.2) is 29.2 Å². The van der Waals surface area contributed by atoms with Crippen LogP contribution in [0.25, 0.3) is 0 Å². The van der Waals surface area contributed by atoms with Gasteiger partial charge in [0.05, 0.1) is 10.1 Å². The van der Waals surface area contributed by atoms with Gasteiger partial charge in [0.1, 0.15) is 5.75 Å². The summed E-state index contributed by atoms with van der Waals surface area (Å²) in [5.41, 5.74) is 0. The summed E-state index contributed by atoms with van der Waals surface area (Å²) in [5.74, 6) is -0.156. The summed E-state index contributed by atoms with van der Waals surface area (Å²) >= 11 is 0. The highest BCUT2D eigenvalue weighted by atomic mass is 32.2. The first-order chi connectivity index (χ1) is 7.34. The van der Waals surface area contributed by atoms with Gasteiger partial charge in [0, 0.05) is 0 Å². The van der Waals surface area contributed by atoms with Gasteiger partial charge in [-0.05, 0) is 32.0 Å². The zero-order valence-electron chi connectivity index (χ0n) is 8.85. The van der Waals surface area contributed by atoms with E-state index < -0.39 is 21.7 Å². The van der Waals surface area contributed by atoms with Crippen molar-refractivity contribution in [3.63, 3.8) is 0 Å². The first kappa shape index (κ1) is 12.9. The number of hydrogen-bond donors (Lipinski definition) is 0. The lowest BCUT2D eigenvalue weighted by Crippen LogP contribution is -2.14. The van der Waals surface area contributed by atoms with Crippen LogP contribution >= 0.6 is 0 Å². The van der Waals surface area contributed by atoms with Crippen molar-refractivity contribution in [1.29, 1.82) is 0 Å². The van der Waals surface area contributed by atoms with Crippen LogP contribution in [0.4, 0.5) is 8.78 Å². The van der Waals surface area contributed by atoms with Crippen LogP contribution in [0, 0.1) is 0 Å². The molecular weight excluding hydrogens is 238 g/mol. The van der Waals surface area contributed by atoms with Gasteiger partial charge in [-0.15, -0.1) is 0 Å². The van der Waals surface area contributed by atoms with E-state index in [2.05, 4.69) is 4.74 Å². The normalized spacial score (nSPS) is 12.1. The van der Waals surface area contributed by atoms with E-state index in [-0.39, 0.29) is 10.6 Å². The van der Waals surface area contributed by atoms with Gasteiger partial charge in [0.15, 0.2) is 9.84 Å². The van der Waals surface area contributed by atoms with Crippen molar-refractivity contribution in [2.45, 2.75) is 30.6 Å². The van der Waals surface area contributed by atoms with Crippen LogP contribution in [0.3, 0.4) is 0 Å². The molecule has 16 heavy (non-hydrogen) atoms. The fraction of sp³-hybridized carbons (Fsp3) is 0.400. The van der Waals surface area contributed by atoms with Crippen molar-refractivity contribution in [2.75, 3.05) is 0 Å². The zero-order valence-corrected chi connectivity index (χ0v) is 9.67.